The van der Waals surface area contributed by atoms with Gasteiger partial charge in [-0.2, -0.15) is 0 Å². The lowest BCUT2D eigenvalue weighted by Crippen LogP contribution is -2.37. The SMILES string of the molecule is O=C(NCC1CCCCC1CO)C1=COCCO1. The molecule has 2 unspecified atom stereocenters. The van der Waals surface area contributed by atoms with Gasteiger partial charge in [0.05, 0.1) is 0 Å². The molecular weight excluding hydrogens is 234 g/mol. The number of aliphatic hydroxyl groups is 1. The first kappa shape index (κ1) is 13.2. The second-order valence-electron chi connectivity index (χ2n) is 4.90. The number of amides is 1. The van der Waals surface area contributed by atoms with Crippen molar-refractivity contribution in [3.63, 3.8) is 0 Å². The molecule has 0 radical (unpaired) electrons. The Morgan fingerprint density at radius 1 is 1.33 bits per heavy atom. The van der Waals surface area contributed by atoms with Crippen LogP contribution in [0.25, 0.3) is 0 Å². The van der Waals surface area contributed by atoms with Crippen LogP contribution >= 0.6 is 0 Å². The number of hydrogen-bond acceptors (Lipinski definition) is 4. The number of nitrogens with one attached hydrogen (secondary N) is 1. The van der Waals surface area contributed by atoms with E-state index >= 15 is 0 Å². The molecule has 1 aliphatic carbocycles. The molecule has 1 saturated carbocycles. The fourth-order valence-corrected chi connectivity index (χ4v) is 2.59. The zero-order valence-corrected chi connectivity index (χ0v) is 10.6. The summed E-state index contributed by atoms with van der Waals surface area (Å²) >= 11 is 0. The standard InChI is InChI=1S/C13H21NO4/c15-8-11-4-2-1-3-10(11)7-14-13(16)12-9-17-5-6-18-12/h9-11,15H,1-8H2,(H,14,16). The molecule has 1 fully saturated rings. The lowest BCUT2D eigenvalue weighted by atomic mass is 9.79. The summed E-state index contributed by atoms with van der Waals surface area (Å²) in [4.78, 5) is 11.8. The van der Waals surface area contributed by atoms with Gasteiger partial charge in [0.25, 0.3) is 5.91 Å². The molecule has 2 N–H and O–H groups in total. The smallest absolute Gasteiger partial charge is 0.289 e. The third kappa shape index (κ3) is 3.38. The summed E-state index contributed by atoms with van der Waals surface area (Å²) < 4.78 is 10.3. The van der Waals surface area contributed by atoms with E-state index in [0.717, 1.165) is 12.8 Å². The van der Waals surface area contributed by atoms with Crippen LogP contribution in [0.5, 0.6) is 0 Å². The number of rotatable bonds is 4. The minimum Gasteiger partial charge on any atom is -0.494 e. The Hall–Kier alpha value is -1.23. The van der Waals surface area contributed by atoms with Gasteiger partial charge in [-0.05, 0) is 24.7 Å². The molecule has 2 aliphatic rings. The maximum absolute atomic E-state index is 11.8. The molecule has 0 aromatic heterocycles. The maximum Gasteiger partial charge on any atom is 0.289 e. The van der Waals surface area contributed by atoms with Crippen LogP contribution in [0.2, 0.25) is 0 Å². The molecule has 0 saturated heterocycles. The average Bonchev–Trinajstić information content (AvgIpc) is 2.46. The first-order valence-corrected chi connectivity index (χ1v) is 6.65. The van der Waals surface area contributed by atoms with E-state index in [1.165, 1.54) is 19.1 Å². The molecule has 2 atom stereocenters. The number of carbonyl (C=O) groups excluding carboxylic acids is 1. The highest BCUT2D eigenvalue weighted by atomic mass is 16.6. The molecule has 1 aliphatic heterocycles. The Balaban J connectivity index is 1.79. The van der Waals surface area contributed by atoms with E-state index in [2.05, 4.69) is 5.32 Å². The van der Waals surface area contributed by atoms with Gasteiger partial charge in [-0.15, -0.1) is 0 Å². The molecular formula is C13H21NO4. The molecule has 5 nitrogen and oxygen atoms in total. The van der Waals surface area contributed by atoms with E-state index < -0.39 is 0 Å². The molecule has 102 valence electrons. The normalized spacial score (nSPS) is 27.7. The van der Waals surface area contributed by atoms with E-state index in [9.17, 15) is 9.90 Å². The van der Waals surface area contributed by atoms with Crippen molar-refractivity contribution in [3.05, 3.63) is 12.0 Å². The van der Waals surface area contributed by atoms with Gasteiger partial charge in [0.2, 0.25) is 5.76 Å². The highest BCUT2D eigenvalue weighted by molar-refractivity contribution is 5.91. The predicted molar refractivity (Wildman–Crippen MR) is 65.5 cm³/mol. The fourth-order valence-electron chi connectivity index (χ4n) is 2.59. The molecule has 2 rings (SSSR count). The van der Waals surface area contributed by atoms with Crippen LogP contribution in [0.3, 0.4) is 0 Å². The molecule has 1 amide bonds. The number of ether oxygens (including phenoxy) is 2. The minimum atomic E-state index is -0.225. The van der Waals surface area contributed by atoms with Gasteiger partial charge in [-0.25, -0.2) is 0 Å². The van der Waals surface area contributed by atoms with Gasteiger partial charge < -0.3 is 19.9 Å². The van der Waals surface area contributed by atoms with Crippen molar-refractivity contribution in [1.29, 1.82) is 0 Å². The molecule has 0 aromatic carbocycles. The fraction of sp³-hybridized carbons (Fsp3) is 0.769. The summed E-state index contributed by atoms with van der Waals surface area (Å²) in [5.74, 6) is 0.712. The van der Waals surface area contributed by atoms with Crippen molar-refractivity contribution in [3.8, 4) is 0 Å². The molecule has 0 spiro atoms. The van der Waals surface area contributed by atoms with Crippen LogP contribution in [0.4, 0.5) is 0 Å². The summed E-state index contributed by atoms with van der Waals surface area (Å²) in [6.45, 7) is 1.72. The van der Waals surface area contributed by atoms with E-state index in [4.69, 9.17) is 9.47 Å². The van der Waals surface area contributed by atoms with E-state index in [1.807, 2.05) is 0 Å². The third-order valence-electron chi connectivity index (χ3n) is 3.70. The Kier molecular flexibility index (Phi) is 4.87. The summed E-state index contributed by atoms with van der Waals surface area (Å²) in [6.07, 6.45) is 5.85. The Morgan fingerprint density at radius 3 is 2.78 bits per heavy atom. The zero-order valence-electron chi connectivity index (χ0n) is 10.6. The van der Waals surface area contributed by atoms with Crippen molar-refractivity contribution >= 4 is 5.91 Å². The van der Waals surface area contributed by atoms with E-state index in [0.29, 0.717) is 31.6 Å². The van der Waals surface area contributed by atoms with Crippen molar-refractivity contribution in [2.45, 2.75) is 25.7 Å². The third-order valence-corrected chi connectivity index (χ3v) is 3.70. The monoisotopic (exact) mass is 255 g/mol. The lowest BCUT2D eigenvalue weighted by Gasteiger charge is -2.30. The van der Waals surface area contributed by atoms with Gasteiger partial charge in [-0.3, -0.25) is 4.79 Å². The summed E-state index contributed by atoms with van der Waals surface area (Å²) in [5.41, 5.74) is 0. The minimum absolute atomic E-state index is 0.211. The van der Waals surface area contributed by atoms with Crippen LogP contribution in [-0.2, 0) is 14.3 Å². The van der Waals surface area contributed by atoms with Crippen LogP contribution in [-0.4, -0.2) is 37.4 Å². The zero-order chi connectivity index (χ0) is 12.8. The molecule has 5 heteroatoms. The van der Waals surface area contributed by atoms with Crippen LogP contribution in [0, 0.1) is 11.8 Å². The van der Waals surface area contributed by atoms with Gasteiger partial charge >= 0.3 is 0 Å². The molecule has 18 heavy (non-hydrogen) atoms. The van der Waals surface area contributed by atoms with Crippen LogP contribution < -0.4 is 5.32 Å². The quantitative estimate of drug-likeness (QED) is 0.779. The Labute approximate surface area is 107 Å². The number of aliphatic hydroxyl groups excluding tert-OH is 1. The highest BCUT2D eigenvalue weighted by Gasteiger charge is 2.25. The topological polar surface area (TPSA) is 67.8 Å². The van der Waals surface area contributed by atoms with E-state index in [-0.39, 0.29) is 18.3 Å². The summed E-state index contributed by atoms with van der Waals surface area (Å²) in [7, 11) is 0. The largest absolute Gasteiger partial charge is 0.494 e. The molecule has 0 bridgehead atoms. The highest BCUT2D eigenvalue weighted by Crippen LogP contribution is 2.29. The Bertz CT molecular complexity index is 316. The van der Waals surface area contributed by atoms with E-state index in [1.54, 1.807) is 0 Å². The first-order chi connectivity index (χ1) is 8.81. The average molecular weight is 255 g/mol. The number of hydrogen-bond donors (Lipinski definition) is 2. The maximum atomic E-state index is 11.8. The first-order valence-electron chi connectivity index (χ1n) is 6.65. The molecule has 1 heterocycles. The second kappa shape index (κ2) is 6.64. The predicted octanol–water partition coefficient (Wildman–Crippen LogP) is 0.789. The van der Waals surface area contributed by atoms with Crippen molar-refractivity contribution in [2.24, 2.45) is 11.8 Å². The van der Waals surface area contributed by atoms with Crippen LogP contribution in [0.15, 0.2) is 12.0 Å². The lowest BCUT2D eigenvalue weighted by molar-refractivity contribution is -0.122. The Morgan fingerprint density at radius 2 is 2.11 bits per heavy atom. The van der Waals surface area contributed by atoms with Gasteiger partial charge in [-0.1, -0.05) is 12.8 Å². The van der Waals surface area contributed by atoms with Crippen LogP contribution in [0.1, 0.15) is 25.7 Å². The van der Waals surface area contributed by atoms with Crippen molar-refractivity contribution in [2.75, 3.05) is 26.4 Å². The van der Waals surface area contributed by atoms with Gasteiger partial charge in [0.1, 0.15) is 19.5 Å². The summed E-state index contributed by atoms with van der Waals surface area (Å²) in [5, 5.41) is 12.2. The van der Waals surface area contributed by atoms with Crippen molar-refractivity contribution in [1.82, 2.24) is 5.32 Å². The molecule has 0 aromatic rings. The van der Waals surface area contributed by atoms with Crippen molar-refractivity contribution < 1.29 is 19.4 Å². The van der Waals surface area contributed by atoms with Gasteiger partial charge in [0.15, 0.2) is 0 Å². The number of carbonyl (C=O) groups is 1. The summed E-state index contributed by atoms with van der Waals surface area (Å²) in [6, 6.07) is 0. The van der Waals surface area contributed by atoms with Gasteiger partial charge in [0, 0.05) is 13.2 Å². The second-order valence-corrected chi connectivity index (χ2v) is 4.90.